The third-order valence-corrected chi connectivity index (χ3v) is 4.45. The van der Waals surface area contributed by atoms with Gasteiger partial charge in [0.25, 0.3) is 5.79 Å². The normalized spacial score (nSPS) is 20.2. The molecule has 3 rings (SSSR count). The van der Waals surface area contributed by atoms with Crippen LogP contribution in [0.3, 0.4) is 0 Å². The molecule has 0 spiro atoms. The van der Waals surface area contributed by atoms with E-state index in [2.05, 4.69) is 0 Å². The minimum absolute atomic E-state index is 0.0756. The average molecular weight is 383 g/mol. The predicted molar refractivity (Wildman–Crippen MR) is 91.7 cm³/mol. The zero-order valence-corrected chi connectivity index (χ0v) is 15.1. The fraction of sp³-hybridized carbons (Fsp3) is 0.474. The van der Waals surface area contributed by atoms with E-state index in [9.17, 15) is 22.8 Å². The molecule has 0 N–H and O–H groups in total. The molecule has 0 aromatic heterocycles. The SMILES string of the molecule is CC1(C)OC(=O)C(=Cc2ccc(N3CCCCC3)c(C(F)(F)F)c2)C(=O)O1. The van der Waals surface area contributed by atoms with Crippen molar-refractivity contribution in [2.75, 3.05) is 18.0 Å². The number of hydrogen-bond donors (Lipinski definition) is 0. The highest BCUT2D eigenvalue weighted by Gasteiger charge is 2.39. The van der Waals surface area contributed by atoms with Crippen LogP contribution in [0.4, 0.5) is 18.9 Å². The van der Waals surface area contributed by atoms with E-state index < -0.39 is 35.0 Å². The Morgan fingerprint density at radius 3 is 2.19 bits per heavy atom. The Kier molecular flexibility index (Phi) is 4.92. The fourth-order valence-electron chi connectivity index (χ4n) is 3.23. The second-order valence-electron chi connectivity index (χ2n) is 7.06. The van der Waals surface area contributed by atoms with Gasteiger partial charge < -0.3 is 14.4 Å². The number of anilines is 1. The van der Waals surface area contributed by atoms with Gasteiger partial charge in [0.1, 0.15) is 5.57 Å². The number of piperidine rings is 1. The quantitative estimate of drug-likeness (QED) is 0.440. The third kappa shape index (κ3) is 4.26. The number of benzene rings is 1. The lowest BCUT2D eigenvalue weighted by Gasteiger charge is -2.31. The highest BCUT2D eigenvalue weighted by molar-refractivity contribution is 6.18. The summed E-state index contributed by atoms with van der Waals surface area (Å²) in [5, 5.41) is 0. The maximum absolute atomic E-state index is 13.6. The summed E-state index contributed by atoms with van der Waals surface area (Å²) in [6.07, 6.45) is -0.804. The van der Waals surface area contributed by atoms with Crippen LogP contribution in [0.15, 0.2) is 23.8 Å². The number of carbonyl (C=O) groups excluding carboxylic acids is 2. The minimum atomic E-state index is -4.56. The van der Waals surface area contributed by atoms with E-state index in [4.69, 9.17) is 9.47 Å². The Hall–Kier alpha value is -2.51. The second kappa shape index (κ2) is 6.90. The molecule has 2 aliphatic rings. The van der Waals surface area contributed by atoms with Gasteiger partial charge in [0, 0.05) is 32.6 Å². The molecule has 0 aliphatic carbocycles. The van der Waals surface area contributed by atoms with Crippen molar-refractivity contribution in [3.63, 3.8) is 0 Å². The number of nitrogens with zero attached hydrogens (tertiary/aromatic N) is 1. The molecule has 0 saturated carbocycles. The molecule has 0 unspecified atom stereocenters. The molecule has 27 heavy (non-hydrogen) atoms. The molecular formula is C19H20F3NO4. The van der Waals surface area contributed by atoms with Crippen LogP contribution in [-0.2, 0) is 25.2 Å². The summed E-state index contributed by atoms with van der Waals surface area (Å²) in [6.45, 7) is 3.93. The van der Waals surface area contributed by atoms with Crippen LogP contribution in [0.5, 0.6) is 0 Å². The van der Waals surface area contributed by atoms with Crippen LogP contribution in [0.2, 0.25) is 0 Å². The standard InChI is InChI=1S/C19H20F3NO4/c1-18(2)26-16(24)13(17(25)27-18)10-12-6-7-15(14(11-12)19(20,21)22)23-8-4-3-5-9-23/h6-7,10-11H,3-5,8-9H2,1-2H3. The summed E-state index contributed by atoms with van der Waals surface area (Å²) >= 11 is 0. The zero-order valence-electron chi connectivity index (χ0n) is 15.1. The smallest absolute Gasteiger partial charge is 0.418 e. The number of ether oxygens (including phenoxy) is 2. The van der Waals surface area contributed by atoms with Gasteiger partial charge in [-0.05, 0) is 43.0 Å². The van der Waals surface area contributed by atoms with E-state index in [1.165, 1.54) is 26.0 Å². The summed E-state index contributed by atoms with van der Waals surface area (Å²) in [6, 6.07) is 3.77. The van der Waals surface area contributed by atoms with Crippen molar-refractivity contribution in [2.24, 2.45) is 0 Å². The number of rotatable bonds is 2. The monoisotopic (exact) mass is 383 g/mol. The predicted octanol–water partition coefficient (Wildman–Crippen LogP) is 3.92. The van der Waals surface area contributed by atoms with Crippen molar-refractivity contribution in [2.45, 2.75) is 45.1 Å². The molecule has 1 aromatic rings. The van der Waals surface area contributed by atoms with Gasteiger partial charge in [-0.3, -0.25) is 0 Å². The maximum Gasteiger partial charge on any atom is 0.418 e. The summed E-state index contributed by atoms with van der Waals surface area (Å²) in [5.41, 5.74) is -1.05. The highest BCUT2D eigenvalue weighted by Crippen LogP contribution is 2.38. The van der Waals surface area contributed by atoms with Crippen LogP contribution < -0.4 is 4.90 Å². The van der Waals surface area contributed by atoms with Gasteiger partial charge in [-0.25, -0.2) is 9.59 Å². The van der Waals surface area contributed by atoms with E-state index in [0.717, 1.165) is 31.4 Å². The van der Waals surface area contributed by atoms with Crippen LogP contribution in [0.1, 0.15) is 44.2 Å². The Balaban J connectivity index is 1.97. The average Bonchev–Trinajstić information content (AvgIpc) is 2.57. The van der Waals surface area contributed by atoms with Gasteiger partial charge in [-0.1, -0.05) is 6.07 Å². The summed E-state index contributed by atoms with van der Waals surface area (Å²) in [5.74, 6) is -3.25. The summed E-state index contributed by atoms with van der Waals surface area (Å²) in [4.78, 5) is 25.7. The van der Waals surface area contributed by atoms with E-state index in [1.54, 1.807) is 4.90 Å². The largest absolute Gasteiger partial charge is 0.419 e. The molecule has 0 amide bonds. The topological polar surface area (TPSA) is 55.8 Å². The first-order valence-corrected chi connectivity index (χ1v) is 8.71. The molecule has 8 heteroatoms. The number of carbonyl (C=O) groups is 2. The molecule has 0 bridgehead atoms. The number of hydrogen-bond acceptors (Lipinski definition) is 5. The van der Waals surface area contributed by atoms with Crippen LogP contribution in [0.25, 0.3) is 6.08 Å². The second-order valence-corrected chi connectivity index (χ2v) is 7.06. The first-order chi connectivity index (χ1) is 12.6. The summed E-state index contributed by atoms with van der Waals surface area (Å²) in [7, 11) is 0. The van der Waals surface area contributed by atoms with Crippen molar-refractivity contribution in [3.05, 3.63) is 34.9 Å². The van der Waals surface area contributed by atoms with E-state index in [-0.39, 0.29) is 11.3 Å². The number of esters is 2. The number of cyclic esters (lactones) is 2. The van der Waals surface area contributed by atoms with Gasteiger partial charge in [0.2, 0.25) is 0 Å². The van der Waals surface area contributed by atoms with Crippen LogP contribution in [-0.4, -0.2) is 30.8 Å². The lowest BCUT2D eigenvalue weighted by Crippen LogP contribution is -2.41. The van der Waals surface area contributed by atoms with E-state index >= 15 is 0 Å². The Bertz CT molecular complexity index is 771. The van der Waals surface area contributed by atoms with Crippen LogP contribution in [0, 0.1) is 0 Å². The van der Waals surface area contributed by atoms with Gasteiger partial charge in [0.15, 0.2) is 0 Å². The van der Waals surface area contributed by atoms with E-state index in [1.807, 2.05) is 0 Å². The first-order valence-electron chi connectivity index (χ1n) is 8.71. The molecule has 5 nitrogen and oxygen atoms in total. The molecule has 2 heterocycles. The molecule has 1 aromatic carbocycles. The van der Waals surface area contributed by atoms with Crippen molar-refractivity contribution < 1.29 is 32.2 Å². The molecule has 0 atom stereocenters. The molecule has 2 fully saturated rings. The molecule has 146 valence electrons. The van der Waals surface area contributed by atoms with Crippen molar-refractivity contribution in [1.29, 1.82) is 0 Å². The van der Waals surface area contributed by atoms with Crippen LogP contribution >= 0.6 is 0 Å². The molecule has 0 radical (unpaired) electrons. The number of halogens is 3. The highest BCUT2D eigenvalue weighted by atomic mass is 19.4. The van der Waals surface area contributed by atoms with Crippen molar-refractivity contribution in [1.82, 2.24) is 0 Å². The van der Waals surface area contributed by atoms with Gasteiger partial charge in [-0.2, -0.15) is 13.2 Å². The van der Waals surface area contributed by atoms with E-state index in [0.29, 0.717) is 13.1 Å². The maximum atomic E-state index is 13.6. The van der Waals surface area contributed by atoms with Gasteiger partial charge >= 0.3 is 18.1 Å². The van der Waals surface area contributed by atoms with Crippen molar-refractivity contribution >= 4 is 23.7 Å². The van der Waals surface area contributed by atoms with Crippen molar-refractivity contribution in [3.8, 4) is 0 Å². The third-order valence-electron chi connectivity index (χ3n) is 4.45. The van der Waals surface area contributed by atoms with Gasteiger partial charge in [-0.15, -0.1) is 0 Å². The number of alkyl halides is 3. The first kappa shape index (κ1) is 19.3. The molecule has 2 aliphatic heterocycles. The molecule has 2 saturated heterocycles. The fourth-order valence-corrected chi connectivity index (χ4v) is 3.23. The lowest BCUT2D eigenvalue weighted by atomic mass is 10.0. The minimum Gasteiger partial charge on any atom is -0.419 e. The summed E-state index contributed by atoms with van der Waals surface area (Å²) < 4.78 is 50.7. The lowest BCUT2D eigenvalue weighted by molar-refractivity contribution is -0.222. The Morgan fingerprint density at radius 1 is 1.04 bits per heavy atom. The Morgan fingerprint density at radius 2 is 1.63 bits per heavy atom. The Labute approximate surface area is 154 Å². The van der Waals surface area contributed by atoms with Gasteiger partial charge in [0.05, 0.1) is 5.56 Å². The zero-order chi connectivity index (χ0) is 19.8. The molecular weight excluding hydrogens is 363 g/mol.